The molecule has 6 aromatic rings. The van der Waals surface area contributed by atoms with Gasteiger partial charge in [0, 0.05) is 35.7 Å². The molecule has 0 unspecified atom stereocenters. The van der Waals surface area contributed by atoms with Crippen molar-refractivity contribution >= 4 is 52.3 Å². The lowest BCUT2D eigenvalue weighted by molar-refractivity contribution is -0.124. The fourth-order valence-electron chi connectivity index (χ4n) is 15.1. The van der Waals surface area contributed by atoms with Gasteiger partial charge in [0.05, 0.1) is 73.1 Å². The van der Waals surface area contributed by atoms with Crippen molar-refractivity contribution in [1.29, 1.82) is 0 Å². The Bertz CT molecular complexity index is 3720. The predicted molar refractivity (Wildman–Crippen MR) is 512 cm³/mol. The third-order valence-electron chi connectivity index (χ3n) is 22.9. The predicted octanol–water partition coefficient (Wildman–Crippen LogP) is 29.5. The number of allylic oxidation sites excluding steroid dienone is 3. The van der Waals surface area contributed by atoms with Crippen LogP contribution >= 0.6 is 0 Å². The van der Waals surface area contributed by atoms with Crippen LogP contribution in [-0.2, 0) is 14.4 Å². The Morgan fingerprint density at radius 3 is 0.587 bits per heavy atom. The summed E-state index contributed by atoms with van der Waals surface area (Å²) in [5.74, 6) is -0.418. The van der Waals surface area contributed by atoms with E-state index in [1.165, 1.54) is 230 Å². The van der Waals surface area contributed by atoms with E-state index in [2.05, 4.69) is 57.5 Å². The third-order valence-corrected chi connectivity index (χ3v) is 22.9. The first-order valence-corrected chi connectivity index (χ1v) is 49.1. The van der Waals surface area contributed by atoms with Crippen molar-refractivity contribution in [3.63, 3.8) is 0 Å². The maximum absolute atomic E-state index is 14.6. The van der Waals surface area contributed by atoms with Crippen molar-refractivity contribution in [2.75, 3.05) is 55.6 Å². The second-order valence-corrected chi connectivity index (χ2v) is 33.8. The zero-order chi connectivity index (χ0) is 89.5. The van der Waals surface area contributed by atoms with Gasteiger partial charge in [-0.3, -0.25) is 14.4 Å². The largest absolute Gasteiger partial charge is 0.490 e. The summed E-state index contributed by atoms with van der Waals surface area (Å²) in [6, 6.07) is 34.7. The highest BCUT2D eigenvalue weighted by Gasteiger charge is 2.39. The van der Waals surface area contributed by atoms with Crippen molar-refractivity contribution in [2.24, 2.45) is 0 Å². The summed E-state index contributed by atoms with van der Waals surface area (Å²) in [6.45, 7) is 16.5. The molecule has 0 spiro atoms. The summed E-state index contributed by atoms with van der Waals surface area (Å²) < 4.78 is 55.5. The summed E-state index contributed by atoms with van der Waals surface area (Å²) >= 11 is 0. The van der Waals surface area contributed by atoms with E-state index in [-0.39, 0.29) is 50.7 Å². The lowest BCUT2D eigenvalue weighted by Gasteiger charge is -2.18. The van der Waals surface area contributed by atoms with E-state index in [0.29, 0.717) is 91.2 Å². The number of carbonyl (C=O) groups excluding carboxylic acids is 6. The van der Waals surface area contributed by atoms with Gasteiger partial charge in [-0.1, -0.05) is 311 Å². The molecule has 1 saturated carbocycles. The number of ether oxygens (including phenoxy) is 9. The van der Waals surface area contributed by atoms with E-state index in [1.54, 1.807) is 127 Å². The highest BCUT2D eigenvalue weighted by atomic mass is 16.6. The van der Waals surface area contributed by atoms with Crippen LogP contribution in [-0.4, -0.2) is 74.9 Å². The highest BCUT2D eigenvalue weighted by molar-refractivity contribution is 6.51. The standard InChI is InChI=1S/C108H153N3O15/c1-7-13-19-25-31-37-43-49-73-118-97-70-55-85(79-100(97)121-76-52-46-40-34-28-22-16-10-4)106(115)124-91-64-58-88(59-65-91)109-82-94-103(112)95(83-110-89-60-66-92(67-61-89)125-107(116)86-56-71-98(119-74-50-44-38-32-26-20-14-8-2)101(80-86)122-77-53-47-41-35-29-23-17-11-5)105(114)96(104(94)113)84-111-90-62-68-93(69-63-90)126-108(117)87-57-72-99(120-75-51-45-39-33-27-21-15-9-3)102(81-87)123-78-54-48-42-36-30-24-18-12-6/h55-72,79-84,109-111H,7-54,73-78H2,1-6H3. The molecule has 3 N–H and O–H groups in total. The molecule has 0 aromatic heterocycles. The van der Waals surface area contributed by atoms with Crippen LogP contribution in [0.2, 0.25) is 0 Å². The minimum atomic E-state index is -0.857. The van der Waals surface area contributed by atoms with Crippen molar-refractivity contribution in [1.82, 2.24) is 0 Å². The lowest BCUT2D eigenvalue weighted by Crippen LogP contribution is -2.33. The number of nitrogens with one attached hydrogen (secondary N) is 3. The molecule has 690 valence electrons. The smallest absolute Gasteiger partial charge is 0.343 e. The van der Waals surface area contributed by atoms with E-state index in [4.69, 9.17) is 42.6 Å². The number of Topliss-reactive ketones (excluding diaryl/α,β-unsaturated/α-hetero) is 3. The van der Waals surface area contributed by atoms with Crippen LogP contribution in [0.15, 0.2) is 163 Å². The van der Waals surface area contributed by atoms with Crippen molar-refractivity contribution in [2.45, 2.75) is 350 Å². The first-order valence-electron chi connectivity index (χ1n) is 49.1. The van der Waals surface area contributed by atoms with Crippen LogP contribution in [0.5, 0.6) is 51.7 Å². The average Bonchev–Trinajstić information content (AvgIpc) is 0.783. The van der Waals surface area contributed by atoms with Crippen molar-refractivity contribution in [3.05, 3.63) is 179 Å². The molecule has 0 atom stereocenters. The van der Waals surface area contributed by atoms with Gasteiger partial charge in [0.15, 0.2) is 34.5 Å². The Hall–Kier alpha value is -9.84. The van der Waals surface area contributed by atoms with Crippen LogP contribution in [0, 0.1) is 0 Å². The van der Waals surface area contributed by atoms with Gasteiger partial charge in [0.1, 0.15) is 17.2 Å². The molecule has 1 aliphatic carbocycles. The van der Waals surface area contributed by atoms with Crippen LogP contribution < -0.4 is 58.6 Å². The van der Waals surface area contributed by atoms with E-state index in [9.17, 15) is 28.8 Å². The summed E-state index contributed by atoms with van der Waals surface area (Å²) in [7, 11) is 0. The Kier molecular flexibility index (Phi) is 53.1. The van der Waals surface area contributed by atoms with Crippen LogP contribution in [0.1, 0.15) is 381 Å². The van der Waals surface area contributed by atoms with E-state index in [0.717, 1.165) is 96.3 Å². The number of unbranched alkanes of at least 4 members (excludes halogenated alkanes) is 42. The minimum absolute atomic E-state index is 0.238. The van der Waals surface area contributed by atoms with Crippen molar-refractivity contribution < 1.29 is 71.4 Å². The second-order valence-electron chi connectivity index (χ2n) is 33.8. The molecule has 126 heavy (non-hydrogen) atoms. The fourth-order valence-corrected chi connectivity index (χ4v) is 15.1. The molecule has 18 nitrogen and oxygen atoms in total. The van der Waals surface area contributed by atoms with E-state index >= 15 is 0 Å². The van der Waals surface area contributed by atoms with Crippen LogP contribution in [0.25, 0.3) is 0 Å². The normalized spacial score (nSPS) is 12.0. The van der Waals surface area contributed by atoms with Gasteiger partial charge in [0.2, 0.25) is 17.3 Å². The number of hydrogen-bond acceptors (Lipinski definition) is 18. The van der Waals surface area contributed by atoms with Crippen LogP contribution in [0.4, 0.5) is 17.1 Å². The molecule has 1 fully saturated rings. The first kappa shape index (κ1) is 103. The SMILES string of the molecule is CCCCCCCCCCOc1ccc(C(=O)Oc2ccc(NC=C3C(=O)C(=CNc4ccc(OC(=O)c5ccc(OCCCCCCCCCC)c(OCCCCCCCCCC)c5)cc4)C(=O)C(=CNc4ccc(OC(=O)c5ccc(OCCCCCCCCCC)c(OCCCCCCCCCC)c5)cc4)C3=O)cc2)cc1OCCCCCCCCCC. The third kappa shape index (κ3) is 41.3. The van der Waals surface area contributed by atoms with E-state index in [1.807, 2.05) is 0 Å². The monoisotopic (exact) mass is 1730 g/mol. The molecule has 7 rings (SSSR count). The summed E-state index contributed by atoms with van der Waals surface area (Å²) in [5.41, 5.74) is 1.10. The van der Waals surface area contributed by atoms with Gasteiger partial charge in [-0.15, -0.1) is 0 Å². The molecule has 0 saturated heterocycles. The molecule has 18 heteroatoms. The van der Waals surface area contributed by atoms with Gasteiger partial charge in [-0.05, 0) is 166 Å². The lowest BCUT2D eigenvalue weighted by atomic mass is 9.84. The second kappa shape index (κ2) is 64.8. The maximum Gasteiger partial charge on any atom is 0.343 e. The summed E-state index contributed by atoms with van der Waals surface area (Å²) in [5, 5.41) is 9.17. The van der Waals surface area contributed by atoms with Gasteiger partial charge in [0.25, 0.3) is 0 Å². The molecule has 0 heterocycles. The van der Waals surface area contributed by atoms with Gasteiger partial charge < -0.3 is 58.6 Å². The molecule has 0 bridgehead atoms. The molecule has 1 aliphatic rings. The Balaban J connectivity index is 1.06. The van der Waals surface area contributed by atoms with E-state index < -0.39 is 35.3 Å². The van der Waals surface area contributed by atoms with Gasteiger partial charge in [-0.2, -0.15) is 0 Å². The zero-order valence-corrected chi connectivity index (χ0v) is 77.7. The minimum Gasteiger partial charge on any atom is -0.490 e. The summed E-state index contributed by atoms with van der Waals surface area (Å²) in [6.07, 6.45) is 60.0. The van der Waals surface area contributed by atoms with Crippen LogP contribution in [0.3, 0.4) is 0 Å². The molecule has 0 radical (unpaired) electrons. The number of carbonyl (C=O) groups is 6. The Morgan fingerprint density at radius 1 is 0.222 bits per heavy atom. The number of benzene rings is 6. The van der Waals surface area contributed by atoms with Gasteiger partial charge >= 0.3 is 17.9 Å². The first-order chi connectivity index (χ1) is 61.9. The quantitative estimate of drug-likeness (QED) is 0.0106. The molecular formula is C108H153N3O15. The topological polar surface area (TPSA) is 222 Å². The number of rotatable bonds is 72. The number of anilines is 3. The molecular weight excluding hydrogens is 1580 g/mol. The molecule has 0 aliphatic heterocycles. The maximum atomic E-state index is 14.6. The number of hydrogen-bond donors (Lipinski definition) is 3. The average molecular weight is 1730 g/mol. The number of ketones is 3. The Morgan fingerprint density at radius 2 is 0.397 bits per heavy atom. The van der Waals surface area contributed by atoms with Gasteiger partial charge in [-0.25, -0.2) is 14.4 Å². The molecule has 6 aromatic carbocycles. The number of esters is 3. The van der Waals surface area contributed by atoms with Crippen molar-refractivity contribution in [3.8, 4) is 51.7 Å². The highest BCUT2D eigenvalue weighted by Crippen LogP contribution is 2.35. The summed E-state index contributed by atoms with van der Waals surface area (Å²) in [4.78, 5) is 85.5. The Labute approximate surface area is 756 Å². The zero-order valence-electron chi connectivity index (χ0n) is 77.7. The fraction of sp³-hybridized carbons (Fsp3) is 0.556. The molecule has 0 amide bonds.